The van der Waals surface area contributed by atoms with Gasteiger partial charge in [-0.05, 0) is 24.6 Å². The Morgan fingerprint density at radius 3 is 2.69 bits per heavy atom. The zero-order valence-corrected chi connectivity index (χ0v) is 7.65. The molecule has 0 saturated carbocycles. The third kappa shape index (κ3) is 2.29. The number of hydrogen-bond donors (Lipinski definition) is 1. The van der Waals surface area contributed by atoms with Crippen LogP contribution in [-0.4, -0.2) is 12.2 Å². The van der Waals surface area contributed by atoms with E-state index in [-0.39, 0.29) is 11.2 Å². The van der Waals surface area contributed by atoms with Crippen LogP contribution in [0.3, 0.4) is 0 Å². The third-order valence-electron chi connectivity index (χ3n) is 1.78. The minimum atomic E-state index is -0.634. The molecule has 0 radical (unpaired) electrons. The summed E-state index contributed by atoms with van der Waals surface area (Å²) in [6, 6.07) is 6.33. The Labute approximate surface area is 76.6 Å². The van der Waals surface area contributed by atoms with Gasteiger partial charge < -0.3 is 9.84 Å². The maximum absolute atomic E-state index is 11.3. The molecular weight excluding hydrogens is 168 g/mol. The van der Waals surface area contributed by atoms with Crippen LogP contribution < -0.4 is 10.2 Å². The molecule has 3 heteroatoms. The first-order valence-electron chi connectivity index (χ1n) is 4.01. The largest absolute Gasteiger partial charge is 0.493 e. The Balaban J connectivity index is 3.28. The van der Waals surface area contributed by atoms with Crippen molar-refractivity contribution in [3.63, 3.8) is 0 Å². The van der Waals surface area contributed by atoms with E-state index in [1.165, 1.54) is 13.2 Å². The molecular formula is C10H12O3. The fourth-order valence-corrected chi connectivity index (χ4v) is 1.03. The van der Waals surface area contributed by atoms with Gasteiger partial charge in [0.25, 0.3) is 0 Å². The van der Waals surface area contributed by atoms with Gasteiger partial charge in [-0.3, -0.25) is 4.79 Å². The van der Waals surface area contributed by atoms with Crippen molar-refractivity contribution in [3.8, 4) is 5.75 Å². The summed E-state index contributed by atoms with van der Waals surface area (Å²) in [7, 11) is 1.44. The quantitative estimate of drug-likeness (QED) is 0.741. The van der Waals surface area contributed by atoms with E-state index in [0.717, 1.165) is 0 Å². The van der Waals surface area contributed by atoms with Crippen LogP contribution in [0.15, 0.2) is 29.1 Å². The van der Waals surface area contributed by atoms with Gasteiger partial charge in [0.15, 0.2) is 5.75 Å². The molecule has 1 aromatic carbocycles. The first kappa shape index (κ1) is 9.74. The number of hydrogen-bond acceptors (Lipinski definition) is 3. The molecule has 70 valence electrons. The van der Waals surface area contributed by atoms with Crippen molar-refractivity contribution < 1.29 is 9.84 Å². The standard InChI is InChI=1S/C10H12O3/c1-7(11)8-4-3-5-10(13-2)9(12)6-8/h3-7,11H,1-2H3. The zero-order valence-electron chi connectivity index (χ0n) is 7.65. The number of aliphatic hydroxyl groups excluding tert-OH is 1. The van der Waals surface area contributed by atoms with E-state index >= 15 is 0 Å². The second-order valence-corrected chi connectivity index (χ2v) is 2.78. The fourth-order valence-electron chi connectivity index (χ4n) is 1.03. The number of rotatable bonds is 2. The molecule has 1 atom stereocenters. The van der Waals surface area contributed by atoms with E-state index in [9.17, 15) is 9.90 Å². The Hall–Kier alpha value is -1.35. The van der Waals surface area contributed by atoms with Gasteiger partial charge in [-0.25, -0.2) is 0 Å². The molecule has 3 nitrogen and oxygen atoms in total. The average Bonchev–Trinajstić information content (AvgIpc) is 2.26. The van der Waals surface area contributed by atoms with E-state index in [1.54, 1.807) is 25.1 Å². The third-order valence-corrected chi connectivity index (χ3v) is 1.78. The lowest BCUT2D eigenvalue weighted by molar-refractivity contribution is 0.199. The van der Waals surface area contributed by atoms with Crippen LogP contribution in [0.1, 0.15) is 18.6 Å². The molecule has 0 bridgehead atoms. The summed E-state index contributed by atoms with van der Waals surface area (Å²) in [5, 5.41) is 9.24. The smallest absolute Gasteiger partial charge is 0.220 e. The van der Waals surface area contributed by atoms with E-state index in [0.29, 0.717) is 5.56 Å². The van der Waals surface area contributed by atoms with Crippen molar-refractivity contribution in [3.05, 3.63) is 40.1 Å². The Kier molecular flexibility index (Phi) is 3.03. The molecule has 0 spiro atoms. The van der Waals surface area contributed by atoms with E-state index in [1.807, 2.05) is 0 Å². The lowest BCUT2D eigenvalue weighted by Crippen LogP contribution is -2.02. The van der Waals surface area contributed by atoms with Crippen molar-refractivity contribution in [1.29, 1.82) is 0 Å². The van der Waals surface area contributed by atoms with Crippen LogP contribution in [0.4, 0.5) is 0 Å². The van der Waals surface area contributed by atoms with Crippen LogP contribution in [-0.2, 0) is 0 Å². The van der Waals surface area contributed by atoms with Crippen LogP contribution in [0, 0.1) is 0 Å². The Bertz CT molecular complexity index is 344. The molecule has 0 amide bonds. The molecule has 13 heavy (non-hydrogen) atoms. The highest BCUT2D eigenvalue weighted by molar-refractivity contribution is 5.25. The molecule has 0 aliphatic heterocycles. The molecule has 0 aliphatic carbocycles. The Morgan fingerprint density at radius 2 is 2.15 bits per heavy atom. The maximum Gasteiger partial charge on any atom is 0.220 e. The summed E-state index contributed by atoms with van der Waals surface area (Å²) >= 11 is 0. The lowest BCUT2D eigenvalue weighted by atomic mass is 10.2. The topological polar surface area (TPSA) is 46.5 Å². The minimum absolute atomic E-state index is 0.219. The molecule has 0 aliphatic rings. The molecule has 1 unspecified atom stereocenters. The van der Waals surface area contributed by atoms with E-state index < -0.39 is 6.10 Å². The Morgan fingerprint density at radius 1 is 1.46 bits per heavy atom. The predicted octanol–water partition coefficient (Wildman–Crippen LogP) is 1.11. The molecule has 0 heterocycles. The normalized spacial score (nSPS) is 12.2. The van der Waals surface area contributed by atoms with Gasteiger partial charge in [0, 0.05) is 0 Å². The highest BCUT2D eigenvalue weighted by atomic mass is 16.5. The SMILES string of the molecule is COc1cccc(C(C)O)cc1=O. The average molecular weight is 180 g/mol. The van der Waals surface area contributed by atoms with Gasteiger partial charge >= 0.3 is 0 Å². The molecule has 0 fully saturated rings. The van der Waals surface area contributed by atoms with Crippen molar-refractivity contribution in [2.45, 2.75) is 13.0 Å². The second-order valence-electron chi connectivity index (χ2n) is 2.78. The first-order chi connectivity index (χ1) is 6.15. The summed E-state index contributed by atoms with van der Waals surface area (Å²) in [5.74, 6) is 0.284. The van der Waals surface area contributed by atoms with Gasteiger partial charge in [-0.15, -0.1) is 0 Å². The van der Waals surface area contributed by atoms with Gasteiger partial charge in [-0.2, -0.15) is 0 Å². The summed E-state index contributed by atoms with van der Waals surface area (Å²) < 4.78 is 4.85. The van der Waals surface area contributed by atoms with Crippen LogP contribution >= 0.6 is 0 Å². The highest BCUT2D eigenvalue weighted by Gasteiger charge is 2.01. The minimum Gasteiger partial charge on any atom is -0.493 e. The molecule has 1 rings (SSSR count). The van der Waals surface area contributed by atoms with Crippen molar-refractivity contribution in [2.75, 3.05) is 7.11 Å². The second kappa shape index (κ2) is 4.05. The van der Waals surface area contributed by atoms with Gasteiger partial charge in [-0.1, -0.05) is 12.1 Å². The first-order valence-corrected chi connectivity index (χ1v) is 4.01. The monoisotopic (exact) mass is 180 g/mol. The highest BCUT2D eigenvalue weighted by Crippen LogP contribution is 2.10. The predicted molar refractivity (Wildman–Crippen MR) is 49.9 cm³/mol. The number of methoxy groups -OCH3 is 1. The molecule has 1 N–H and O–H groups in total. The van der Waals surface area contributed by atoms with E-state index in [4.69, 9.17) is 4.74 Å². The summed E-state index contributed by atoms with van der Waals surface area (Å²) in [6.45, 7) is 1.61. The van der Waals surface area contributed by atoms with Crippen LogP contribution in [0.2, 0.25) is 0 Å². The summed E-state index contributed by atoms with van der Waals surface area (Å²) in [4.78, 5) is 11.3. The van der Waals surface area contributed by atoms with Crippen LogP contribution in [0.5, 0.6) is 5.75 Å². The fraction of sp³-hybridized carbons (Fsp3) is 0.300. The van der Waals surface area contributed by atoms with Gasteiger partial charge in [0.1, 0.15) is 0 Å². The van der Waals surface area contributed by atoms with Crippen molar-refractivity contribution in [2.24, 2.45) is 0 Å². The summed E-state index contributed by atoms with van der Waals surface area (Å²) in [6.07, 6.45) is -0.634. The van der Waals surface area contributed by atoms with E-state index in [2.05, 4.69) is 0 Å². The molecule has 0 saturated heterocycles. The lowest BCUT2D eigenvalue weighted by Gasteiger charge is -1.98. The number of aliphatic hydroxyl groups is 1. The molecule has 0 aromatic heterocycles. The van der Waals surface area contributed by atoms with Gasteiger partial charge in [0.2, 0.25) is 5.43 Å². The van der Waals surface area contributed by atoms with Crippen LogP contribution in [0.25, 0.3) is 0 Å². The number of ether oxygens (including phenoxy) is 1. The molecule has 1 aromatic rings. The maximum atomic E-state index is 11.3. The van der Waals surface area contributed by atoms with Crippen molar-refractivity contribution in [1.82, 2.24) is 0 Å². The summed E-state index contributed by atoms with van der Waals surface area (Å²) in [5.41, 5.74) is 0.372. The van der Waals surface area contributed by atoms with Crippen molar-refractivity contribution >= 4 is 0 Å². The van der Waals surface area contributed by atoms with Gasteiger partial charge in [0.05, 0.1) is 13.2 Å². The zero-order chi connectivity index (χ0) is 9.84.